The summed E-state index contributed by atoms with van der Waals surface area (Å²) in [6.07, 6.45) is 0.812. The summed E-state index contributed by atoms with van der Waals surface area (Å²) in [6.45, 7) is 4.03. The van der Waals surface area contributed by atoms with Crippen molar-refractivity contribution in [2.45, 2.75) is 26.3 Å². The number of carbonyl (C=O) groups excluding carboxylic acids is 2. The Morgan fingerprint density at radius 1 is 1.08 bits per heavy atom. The van der Waals surface area contributed by atoms with Crippen LogP contribution in [-0.2, 0) is 16.0 Å². The summed E-state index contributed by atoms with van der Waals surface area (Å²) in [5.74, 6) is -0.161. The van der Waals surface area contributed by atoms with Crippen LogP contribution in [0.1, 0.15) is 19.4 Å². The second kappa shape index (κ2) is 7.56. The highest BCUT2D eigenvalue weighted by Gasteiger charge is 2.22. The molecule has 2 N–H and O–H groups in total. The molecule has 1 aliphatic heterocycles. The lowest BCUT2D eigenvalue weighted by atomic mass is 10.1. The molecular formula is C19H19Cl2N3O2. The van der Waals surface area contributed by atoms with E-state index in [-0.39, 0.29) is 11.8 Å². The summed E-state index contributed by atoms with van der Waals surface area (Å²) < 4.78 is 0. The number of benzene rings is 2. The van der Waals surface area contributed by atoms with Crippen molar-refractivity contribution in [3.63, 3.8) is 0 Å². The van der Waals surface area contributed by atoms with Crippen molar-refractivity contribution in [2.24, 2.45) is 0 Å². The molecule has 26 heavy (non-hydrogen) atoms. The SMILES string of the molecule is CC(=O)N1CCc2cc(NC(C)C(=O)Nc3cc(Cl)cc(Cl)c3)ccc21. The summed E-state index contributed by atoms with van der Waals surface area (Å²) in [5.41, 5.74) is 3.42. The molecule has 2 amide bonds. The standard InChI is InChI=1S/C19H19Cl2N3O2/c1-11(19(26)23-17-9-14(20)8-15(21)10-17)22-16-3-4-18-13(7-16)5-6-24(18)12(2)25/h3-4,7-11,22H,5-6H2,1-2H3,(H,23,26). The average Bonchev–Trinajstić information content (AvgIpc) is 2.97. The first-order valence-electron chi connectivity index (χ1n) is 8.28. The van der Waals surface area contributed by atoms with E-state index in [4.69, 9.17) is 23.2 Å². The summed E-state index contributed by atoms with van der Waals surface area (Å²) in [5, 5.41) is 6.90. The Labute approximate surface area is 162 Å². The van der Waals surface area contributed by atoms with Crippen LogP contribution in [0.3, 0.4) is 0 Å². The minimum atomic E-state index is -0.462. The molecule has 2 aromatic rings. The molecule has 0 bridgehead atoms. The highest BCUT2D eigenvalue weighted by atomic mass is 35.5. The van der Waals surface area contributed by atoms with Gasteiger partial charge in [-0.3, -0.25) is 9.59 Å². The van der Waals surface area contributed by atoms with Crippen LogP contribution in [0.4, 0.5) is 17.1 Å². The Hall–Kier alpha value is -2.24. The summed E-state index contributed by atoms with van der Waals surface area (Å²) in [4.78, 5) is 25.8. The molecule has 0 spiro atoms. The maximum absolute atomic E-state index is 12.4. The number of halogens is 2. The number of carbonyl (C=O) groups is 2. The molecule has 1 heterocycles. The van der Waals surface area contributed by atoms with Gasteiger partial charge in [0.1, 0.15) is 6.04 Å². The number of anilines is 3. The Morgan fingerprint density at radius 2 is 1.77 bits per heavy atom. The monoisotopic (exact) mass is 391 g/mol. The van der Waals surface area contributed by atoms with Gasteiger partial charge in [-0.05, 0) is 55.3 Å². The van der Waals surface area contributed by atoms with Crippen molar-refractivity contribution in [2.75, 3.05) is 22.1 Å². The van der Waals surface area contributed by atoms with E-state index in [0.29, 0.717) is 22.3 Å². The first kappa shape index (κ1) is 18.5. The van der Waals surface area contributed by atoms with Crippen LogP contribution < -0.4 is 15.5 Å². The van der Waals surface area contributed by atoms with Gasteiger partial charge in [-0.25, -0.2) is 0 Å². The number of rotatable bonds is 4. The van der Waals surface area contributed by atoms with Crippen LogP contribution in [-0.4, -0.2) is 24.4 Å². The molecule has 3 rings (SSSR count). The number of hydrogen-bond acceptors (Lipinski definition) is 3. The lowest BCUT2D eigenvalue weighted by Crippen LogP contribution is -2.31. The fraction of sp³-hybridized carbons (Fsp3) is 0.263. The van der Waals surface area contributed by atoms with Crippen molar-refractivity contribution in [1.82, 2.24) is 0 Å². The third kappa shape index (κ3) is 4.11. The molecule has 0 saturated carbocycles. The highest BCUT2D eigenvalue weighted by Crippen LogP contribution is 2.30. The summed E-state index contributed by atoms with van der Waals surface area (Å²) in [6, 6.07) is 10.2. The lowest BCUT2D eigenvalue weighted by Gasteiger charge is -2.18. The zero-order valence-electron chi connectivity index (χ0n) is 14.5. The highest BCUT2D eigenvalue weighted by molar-refractivity contribution is 6.35. The quantitative estimate of drug-likeness (QED) is 0.814. The largest absolute Gasteiger partial charge is 0.374 e. The second-order valence-corrected chi connectivity index (χ2v) is 7.15. The Morgan fingerprint density at radius 3 is 2.42 bits per heavy atom. The topological polar surface area (TPSA) is 61.4 Å². The molecular weight excluding hydrogens is 373 g/mol. The molecule has 0 aliphatic carbocycles. The molecule has 7 heteroatoms. The van der Waals surface area contributed by atoms with Crippen molar-refractivity contribution in [3.05, 3.63) is 52.0 Å². The Bertz CT molecular complexity index is 850. The molecule has 5 nitrogen and oxygen atoms in total. The van der Waals surface area contributed by atoms with Crippen LogP contribution in [0.25, 0.3) is 0 Å². The first-order chi connectivity index (χ1) is 12.3. The summed E-state index contributed by atoms with van der Waals surface area (Å²) >= 11 is 11.9. The molecule has 1 aliphatic rings. The van der Waals surface area contributed by atoms with E-state index in [0.717, 1.165) is 23.4 Å². The van der Waals surface area contributed by atoms with Gasteiger partial charge in [0.25, 0.3) is 0 Å². The van der Waals surface area contributed by atoms with Gasteiger partial charge in [0.05, 0.1) is 0 Å². The van der Waals surface area contributed by atoms with Gasteiger partial charge in [0.15, 0.2) is 0 Å². The van der Waals surface area contributed by atoms with E-state index in [1.807, 2.05) is 18.2 Å². The van der Waals surface area contributed by atoms with E-state index in [2.05, 4.69) is 10.6 Å². The summed E-state index contributed by atoms with van der Waals surface area (Å²) in [7, 11) is 0. The van der Waals surface area contributed by atoms with Gasteiger partial charge in [-0.2, -0.15) is 0 Å². The van der Waals surface area contributed by atoms with E-state index in [9.17, 15) is 9.59 Å². The van der Waals surface area contributed by atoms with E-state index in [1.54, 1.807) is 36.9 Å². The third-order valence-corrected chi connectivity index (χ3v) is 4.70. The number of amides is 2. The van der Waals surface area contributed by atoms with Gasteiger partial charge >= 0.3 is 0 Å². The zero-order valence-corrected chi connectivity index (χ0v) is 16.0. The molecule has 1 atom stereocenters. The number of hydrogen-bond donors (Lipinski definition) is 2. The first-order valence-corrected chi connectivity index (χ1v) is 9.03. The zero-order chi connectivity index (χ0) is 18.8. The fourth-order valence-electron chi connectivity index (χ4n) is 3.01. The average molecular weight is 392 g/mol. The maximum Gasteiger partial charge on any atom is 0.246 e. The number of fused-ring (bicyclic) bond motifs is 1. The molecule has 0 radical (unpaired) electrons. The Kier molecular flexibility index (Phi) is 5.39. The minimum Gasteiger partial charge on any atom is -0.374 e. The van der Waals surface area contributed by atoms with Gasteiger partial charge in [0, 0.05) is 40.6 Å². The van der Waals surface area contributed by atoms with E-state index < -0.39 is 6.04 Å². The van der Waals surface area contributed by atoms with E-state index >= 15 is 0 Å². The van der Waals surface area contributed by atoms with Crippen LogP contribution in [0.5, 0.6) is 0 Å². The van der Waals surface area contributed by atoms with Crippen molar-refractivity contribution >= 4 is 52.1 Å². The predicted molar refractivity (Wildman–Crippen MR) is 106 cm³/mol. The van der Waals surface area contributed by atoms with Gasteiger partial charge in [0.2, 0.25) is 11.8 Å². The lowest BCUT2D eigenvalue weighted by molar-refractivity contribution is -0.117. The minimum absolute atomic E-state index is 0.0392. The molecule has 0 aromatic heterocycles. The number of nitrogens with zero attached hydrogens (tertiary/aromatic N) is 1. The molecule has 0 saturated heterocycles. The Balaban J connectivity index is 1.67. The van der Waals surface area contributed by atoms with Gasteiger partial charge in [-0.1, -0.05) is 23.2 Å². The molecule has 1 unspecified atom stereocenters. The van der Waals surface area contributed by atoms with Crippen LogP contribution in [0.15, 0.2) is 36.4 Å². The fourth-order valence-corrected chi connectivity index (χ4v) is 3.54. The molecule has 136 valence electrons. The second-order valence-electron chi connectivity index (χ2n) is 6.28. The van der Waals surface area contributed by atoms with Gasteiger partial charge < -0.3 is 15.5 Å². The predicted octanol–water partition coefficient (Wildman–Crippen LogP) is 4.34. The molecule has 2 aromatic carbocycles. The van der Waals surface area contributed by atoms with Crippen LogP contribution in [0, 0.1) is 0 Å². The van der Waals surface area contributed by atoms with Crippen LogP contribution in [0.2, 0.25) is 10.0 Å². The third-order valence-electron chi connectivity index (χ3n) is 4.26. The van der Waals surface area contributed by atoms with Crippen LogP contribution >= 0.6 is 23.2 Å². The normalized spacial score (nSPS) is 13.9. The maximum atomic E-state index is 12.4. The van der Waals surface area contributed by atoms with E-state index in [1.165, 1.54) is 0 Å². The van der Waals surface area contributed by atoms with Crippen molar-refractivity contribution in [3.8, 4) is 0 Å². The van der Waals surface area contributed by atoms with Gasteiger partial charge in [-0.15, -0.1) is 0 Å². The molecule has 0 fully saturated rings. The van der Waals surface area contributed by atoms with Crippen molar-refractivity contribution < 1.29 is 9.59 Å². The smallest absolute Gasteiger partial charge is 0.246 e. The van der Waals surface area contributed by atoms with Crippen molar-refractivity contribution in [1.29, 1.82) is 0 Å². The number of nitrogens with one attached hydrogen (secondary N) is 2.